The molecular weight excluding hydrogens is 392 g/mol. The first-order chi connectivity index (χ1) is 15.0. The molecule has 6 heteroatoms. The zero-order valence-electron chi connectivity index (χ0n) is 17.6. The van der Waals surface area contributed by atoms with Crippen LogP contribution in [0.25, 0.3) is 22.0 Å². The van der Waals surface area contributed by atoms with Gasteiger partial charge >= 0.3 is 11.9 Å². The molecule has 1 unspecified atom stereocenters. The molecule has 1 fully saturated rings. The van der Waals surface area contributed by atoms with Crippen molar-refractivity contribution in [1.82, 2.24) is 9.88 Å². The highest BCUT2D eigenvalue weighted by atomic mass is 16.5. The second-order valence-electron chi connectivity index (χ2n) is 7.97. The average Bonchev–Trinajstić information content (AvgIpc) is 2.79. The Morgan fingerprint density at radius 2 is 1.81 bits per heavy atom. The molecule has 0 aliphatic carbocycles. The molecule has 0 radical (unpaired) electrons. The van der Waals surface area contributed by atoms with Crippen molar-refractivity contribution in [3.05, 3.63) is 60.3 Å². The molecule has 1 saturated heterocycles. The van der Waals surface area contributed by atoms with Crippen LogP contribution in [0.1, 0.15) is 31.2 Å². The van der Waals surface area contributed by atoms with Gasteiger partial charge in [-0.15, -0.1) is 0 Å². The number of fused-ring (bicyclic) bond motifs is 1. The third kappa shape index (κ3) is 4.75. The summed E-state index contributed by atoms with van der Waals surface area (Å²) in [7, 11) is 0. The van der Waals surface area contributed by atoms with Crippen molar-refractivity contribution in [2.75, 3.05) is 13.1 Å². The van der Waals surface area contributed by atoms with E-state index >= 15 is 0 Å². The van der Waals surface area contributed by atoms with Gasteiger partial charge < -0.3 is 9.84 Å². The molecule has 0 bridgehead atoms. The van der Waals surface area contributed by atoms with Crippen LogP contribution in [0, 0.1) is 6.92 Å². The zero-order chi connectivity index (χ0) is 21.8. The van der Waals surface area contributed by atoms with E-state index in [1.807, 2.05) is 42.2 Å². The predicted octanol–water partition coefficient (Wildman–Crippen LogP) is 4.44. The minimum absolute atomic E-state index is 0.250. The number of pyridine rings is 1. The SMILES string of the molecule is Cc1c(-c2ccc(OC(=O)C(CC(=O)O)N3CCCCC3)cc2)ccc2cccnc12. The number of carbonyl (C=O) groups excluding carboxylic acids is 1. The van der Waals surface area contributed by atoms with Crippen LogP contribution < -0.4 is 4.74 Å². The number of aliphatic carboxylic acids is 1. The molecular formula is C25H26N2O4. The van der Waals surface area contributed by atoms with Crippen LogP contribution in [0.2, 0.25) is 0 Å². The number of hydrogen-bond acceptors (Lipinski definition) is 5. The van der Waals surface area contributed by atoms with Gasteiger partial charge in [0, 0.05) is 11.6 Å². The van der Waals surface area contributed by atoms with E-state index in [4.69, 9.17) is 4.74 Å². The molecule has 2 aromatic carbocycles. The maximum atomic E-state index is 12.8. The lowest BCUT2D eigenvalue weighted by molar-refractivity contribution is -0.148. The molecule has 0 spiro atoms. The van der Waals surface area contributed by atoms with E-state index in [9.17, 15) is 14.7 Å². The van der Waals surface area contributed by atoms with Gasteiger partial charge in [-0.25, -0.2) is 4.79 Å². The van der Waals surface area contributed by atoms with Gasteiger partial charge in [0.15, 0.2) is 0 Å². The van der Waals surface area contributed by atoms with Crippen molar-refractivity contribution in [3.63, 3.8) is 0 Å². The lowest BCUT2D eigenvalue weighted by Gasteiger charge is -2.32. The Kier molecular flexibility index (Phi) is 6.28. The molecule has 6 nitrogen and oxygen atoms in total. The number of nitrogens with zero attached hydrogens (tertiary/aromatic N) is 2. The van der Waals surface area contributed by atoms with Crippen LogP contribution in [-0.4, -0.2) is 46.1 Å². The standard InChI is InChI=1S/C25H26N2O4/c1-17-21(12-9-19-6-5-13-26-24(17)19)18-7-10-20(11-8-18)31-25(30)22(16-23(28)29)27-14-3-2-4-15-27/h5-13,22H,2-4,14-16H2,1H3,(H,28,29). The average molecular weight is 418 g/mol. The third-order valence-electron chi connectivity index (χ3n) is 5.88. The van der Waals surface area contributed by atoms with Gasteiger partial charge in [-0.1, -0.05) is 36.8 Å². The molecule has 4 rings (SSSR count). The Balaban J connectivity index is 1.52. The second-order valence-corrected chi connectivity index (χ2v) is 7.97. The van der Waals surface area contributed by atoms with E-state index < -0.39 is 18.0 Å². The van der Waals surface area contributed by atoms with Crippen molar-refractivity contribution >= 4 is 22.8 Å². The maximum absolute atomic E-state index is 12.8. The van der Waals surface area contributed by atoms with E-state index in [1.165, 1.54) is 0 Å². The minimum Gasteiger partial charge on any atom is -0.481 e. The van der Waals surface area contributed by atoms with E-state index in [-0.39, 0.29) is 6.42 Å². The number of ether oxygens (including phenoxy) is 1. The van der Waals surface area contributed by atoms with Gasteiger partial charge in [0.2, 0.25) is 0 Å². The Bertz CT molecular complexity index is 1090. The normalized spacial score (nSPS) is 15.5. The van der Waals surface area contributed by atoms with Crippen LogP contribution in [0.3, 0.4) is 0 Å². The summed E-state index contributed by atoms with van der Waals surface area (Å²) >= 11 is 0. The number of rotatable bonds is 6. The highest BCUT2D eigenvalue weighted by Crippen LogP contribution is 2.30. The quantitative estimate of drug-likeness (QED) is 0.471. The lowest BCUT2D eigenvalue weighted by Crippen LogP contribution is -2.47. The molecule has 0 amide bonds. The molecule has 1 aliphatic rings. The summed E-state index contributed by atoms with van der Waals surface area (Å²) in [6, 6.07) is 14.6. The predicted molar refractivity (Wildman–Crippen MR) is 119 cm³/mol. The van der Waals surface area contributed by atoms with Crippen molar-refractivity contribution in [1.29, 1.82) is 0 Å². The molecule has 160 valence electrons. The lowest BCUT2D eigenvalue weighted by atomic mass is 9.98. The van der Waals surface area contributed by atoms with Crippen molar-refractivity contribution < 1.29 is 19.4 Å². The fourth-order valence-corrected chi connectivity index (χ4v) is 4.25. The van der Waals surface area contributed by atoms with Gasteiger partial charge in [-0.2, -0.15) is 0 Å². The number of carboxylic acid groups (broad SMARTS) is 1. The van der Waals surface area contributed by atoms with Crippen LogP contribution in [0.5, 0.6) is 5.75 Å². The highest BCUT2D eigenvalue weighted by molar-refractivity contribution is 5.88. The number of carbonyl (C=O) groups is 2. The summed E-state index contributed by atoms with van der Waals surface area (Å²) in [5.74, 6) is -1.09. The van der Waals surface area contributed by atoms with Gasteiger partial charge in [0.05, 0.1) is 11.9 Å². The van der Waals surface area contributed by atoms with Gasteiger partial charge in [0.1, 0.15) is 11.8 Å². The molecule has 1 aromatic heterocycles. The molecule has 1 N–H and O–H groups in total. The van der Waals surface area contributed by atoms with Crippen LogP contribution in [-0.2, 0) is 9.59 Å². The Morgan fingerprint density at radius 3 is 2.52 bits per heavy atom. The number of aryl methyl sites for hydroxylation is 1. The monoisotopic (exact) mass is 418 g/mol. The fraction of sp³-hybridized carbons (Fsp3) is 0.320. The van der Waals surface area contributed by atoms with Crippen molar-refractivity contribution in [3.8, 4) is 16.9 Å². The molecule has 3 aromatic rings. The van der Waals surface area contributed by atoms with E-state index in [0.717, 1.165) is 59.9 Å². The van der Waals surface area contributed by atoms with Crippen LogP contribution in [0.15, 0.2) is 54.7 Å². The number of piperidine rings is 1. The maximum Gasteiger partial charge on any atom is 0.329 e. The first-order valence-electron chi connectivity index (χ1n) is 10.7. The van der Waals surface area contributed by atoms with Crippen LogP contribution >= 0.6 is 0 Å². The number of carboxylic acids is 1. The molecule has 2 heterocycles. The van der Waals surface area contributed by atoms with E-state index in [1.54, 1.807) is 18.3 Å². The largest absolute Gasteiger partial charge is 0.481 e. The number of esters is 1. The summed E-state index contributed by atoms with van der Waals surface area (Å²) in [4.78, 5) is 30.5. The summed E-state index contributed by atoms with van der Waals surface area (Å²) in [5, 5.41) is 10.3. The van der Waals surface area contributed by atoms with E-state index in [0.29, 0.717) is 5.75 Å². The third-order valence-corrected chi connectivity index (χ3v) is 5.88. The van der Waals surface area contributed by atoms with Crippen LogP contribution in [0.4, 0.5) is 0 Å². The molecule has 31 heavy (non-hydrogen) atoms. The Morgan fingerprint density at radius 1 is 1.06 bits per heavy atom. The van der Waals surface area contributed by atoms with Gasteiger partial charge in [0.25, 0.3) is 0 Å². The van der Waals surface area contributed by atoms with E-state index in [2.05, 4.69) is 11.1 Å². The molecule has 0 saturated carbocycles. The van der Waals surface area contributed by atoms with Gasteiger partial charge in [-0.3, -0.25) is 14.7 Å². The summed E-state index contributed by atoms with van der Waals surface area (Å²) in [6.45, 7) is 3.50. The number of likely N-dealkylation sites (tertiary alicyclic amines) is 1. The Hall–Kier alpha value is -3.25. The smallest absolute Gasteiger partial charge is 0.329 e. The fourth-order valence-electron chi connectivity index (χ4n) is 4.25. The summed E-state index contributed by atoms with van der Waals surface area (Å²) in [5.41, 5.74) is 4.13. The number of benzene rings is 2. The first-order valence-corrected chi connectivity index (χ1v) is 10.7. The number of hydrogen-bond donors (Lipinski definition) is 1. The summed E-state index contributed by atoms with van der Waals surface area (Å²) in [6.07, 6.45) is 4.59. The first kappa shape index (κ1) is 21.0. The topological polar surface area (TPSA) is 79.7 Å². The van der Waals surface area contributed by atoms with Gasteiger partial charge in [-0.05, 0) is 67.7 Å². The zero-order valence-corrected chi connectivity index (χ0v) is 17.6. The molecule has 1 atom stereocenters. The summed E-state index contributed by atoms with van der Waals surface area (Å²) < 4.78 is 5.57. The highest BCUT2D eigenvalue weighted by Gasteiger charge is 2.31. The molecule has 1 aliphatic heterocycles. The van der Waals surface area contributed by atoms with Crippen molar-refractivity contribution in [2.24, 2.45) is 0 Å². The van der Waals surface area contributed by atoms with Crippen molar-refractivity contribution in [2.45, 2.75) is 38.6 Å². The number of aromatic nitrogens is 1. The Labute approximate surface area is 181 Å². The minimum atomic E-state index is -0.997. The second kappa shape index (κ2) is 9.27.